The van der Waals surface area contributed by atoms with E-state index in [1.807, 2.05) is 12.1 Å². The molecule has 2 amide bonds. The van der Waals surface area contributed by atoms with E-state index in [0.717, 1.165) is 25.9 Å². The minimum atomic E-state index is -0.441. The van der Waals surface area contributed by atoms with Gasteiger partial charge in [0.2, 0.25) is 5.91 Å². The number of anilines is 1. The van der Waals surface area contributed by atoms with Crippen LogP contribution in [-0.2, 0) is 9.59 Å². The topological polar surface area (TPSA) is 77.9 Å². The van der Waals surface area contributed by atoms with Crippen molar-refractivity contribution in [1.29, 1.82) is 0 Å². The van der Waals surface area contributed by atoms with Crippen LogP contribution in [-0.4, -0.2) is 46.7 Å². The number of hydrogen-bond donors (Lipinski definition) is 1. The molecule has 150 valence electrons. The van der Waals surface area contributed by atoms with E-state index < -0.39 is 6.04 Å². The van der Waals surface area contributed by atoms with Crippen molar-refractivity contribution in [3.05, 3.63) is 59.7 Å². The molecule has 2 aliphatic heterocycles. The Hall–Kier alpha value is -2.99. The molecule has 0 saturated carbocycles. The third-order valence-electron chi connectivity index (χ3n) is 5.97. The van der Waals surface area contributed by atoms with Crippen molar-refractivity contribution in [1.82, 2.24) is 4.90 Å². The summed E-state index contributed by atoms with van der Waals surface area (Å²) in [6.07, 6.45) is 1.98. The number of carbonyl (C=O) groups is 3. The number of imide groups is 1. The van der Waals surface area contributed by atoms with Crippen LogP contribution in [0.4, 0.5) is 5.69 Å². The Labute approximate surface area is 169 Å². The first kappa shape index (κ1) is 19.3. The lowest BCUT2D eigenvalue weighted by Gasteiger charge is -2.35. The minimum absolute atomic E-state index is 0.0983. The van der Waals surface area contributed by atoms with E-state index >= 15 is 0 Å². The molecule has 6 heteroatoms. The van der Waals surface area contributed by atoms with E-state index in [-0.39, 0.29) is 29.8 Å². The van der Waals surface area contributed by atoms with Crippen molar-refractivity contribution in [2.24, 2.45) is 0 Å². The summed E-state index contributed by atoms with van der Waals surface area (Å²) in [5.74, 6) is 0.122. The molecule has 0 aromatic heterocycles. The molecule has 1 N–H and O–H groups in total. The largest absolute Gasteiger partial charge is 0.508 e. The lowest BCUT2D eigenvalue weighted by molar-refractivity contribution is -0.123. The fourth-order valence-corrected chi connectivity index (χ4v) is 4.33. The fourth-order valence-electron chi connectivity index (χ4n) is 4.33. The second-order valence-corrected chi connectivity index (χ2v) is 7.80. The van der Waals surface area contributed by atoms with Crippen molar-refractivity contribution in [2.75, 3.05) is 18.0 Å². The monoisotopic (exact) mass is 392 g/mol. The number of amides is 2. The van der Waals surface area contributed by atoms with Crippen LogP contribution in [0, 0.1) is 0 Å². The molecule has 2 aliphatic rings. The third-order valence-corrected chi connectivity index (χ3v) is 5.97. The number of piperidine rings is 1. The number of phenolic OH excluding ortho intramolecular Hbond substituents is 1. The number of Topliss-reactive ketones (excluding diaryl/α,β-unsaturated/α-hetero) is 1. The Morgan fingerprint density at radius 2 is 1.72 bits per heavy atom. The van der Waals surface area contributed by atoms with E-state index in [1.54, 1.807) is 36.4 Å². The zero-order valence-corrected chi connectivity index (χ0v) is 16.4. The first-order valence-electron chi connectivity index (χ1n) is 9.95. The first-order chi connectivity index (χ1) is 13.9. The SMILES string of the molecule is CC(=O)c1cccc(N2C(=O)C[C@@H](N3CCC(c4ccc(O)cc4)CC3)C2=O)c1. The van der Waals surface area contributed by atoms with Crippen molar-refractivity contribution < 1.29 is 19.5 Å². The number of rotatable bonds is 4. The molecule has 2 heterocycles. The summed E-state index contributed by atoms with van der Waals surface area (Å²) in [6, 6.07) is 13.5. The van der Waals surface area contributed by atoms with Gasteiger partial charge in [-0.05, 0) is 68.6 Å². The highest BCUT2D eigenvalue weighted by Gasteiger charge is 2.43. The normalized spacial score (nSPS) is 21.0. The average molecular weight is 392 g/mol. The van der Waals surface area contributed by atoms with Crippen molar-refractivity contribution >= 4 is 23.3 Å². The Balaban J connectivity index is 1.45. The number of phenols is 1. The third kappa shape index (κ3) is 3.80. The van der Waals surface area contributed by atoms with Crippen LogP contribution in [0.5, 0.6) is 5.75 Å². The van der Waals surface area contributed by atoms with E-state index in [4.69, 9.17) is 0 Å². The summed E-state index contributed by atoms with van der Waals surface area (Å²) in [5.41, 5.74) is 2.15. The highest BCUT2D eigenvalue weighted by molar-refractivity contribution is 6.22. The molecule has 29 heavy (non-hydrogen) atoms. The van der Waals surface area contributed by atoms with E-state index in [9.17, 15) is 19.5 Å². The number of hydrogen-bond acceptors (Lipinski definition) is 5. The molecular formula is C23H24N2O4. The Kier molecular flexibility index (Phi) is 5.20. The minimum Gasteiger partial charge on any atom is -0.508 e. The zero-order valence-electron chi connectivity index (χ0n) is 16.4. The van der Waals surface area contributed by atoms with Gasteiger partial charge in [0, 0.05) is 5.56 Å². The van der Waals surface area contributed by atoms with Gasteiger partial charge in [-0.1, -0.05) is 24.3 Å². The Bertz CT molecular complexity index is 946. The standard InChI is InChI=1S/C23H24N2O4/c1-15(26)18-3-2-4-19(13-18)25-22(28)14-21(23(25)29)24-11-9-17(10-12-24)16-5-7-20(27)8-6-16/h2-8,13,17,21,27H,9-12,14H2,1H3/t21-/m1/s1. The van der Waals surface area contributed by atoms with Gasteiger partial charge in [-0.15, -0.1) is 0 Å². The molecule has 2 aromatic carbocycles. The van der Waals surface area contributed by atoms with Gasteiger partial charge < -0.3 is 5.11 Å². The van der Waals surface area contributed by atoms with Gasteiger partial charge in [0.1, 0.15) is 5.75 Å². The van der Waals surface area contributed by atoms with Gasteiger partial charge in [-0.2, -0.15) is 0 Å². The van der Waals surface area contributed by atoms with Crippen molar-refractivity contribution in [2.45, 2.75) is 38.1 Å². The molecule has 2 saturated heterocycles. The van der Waals surface area contributed by atoms with Gasteiger partial charge >= 0.3 is 0 Å². The van der Waals surface area contributed by atoms with Crippen LogP contribution in [0.1, 0.15) is 48.0 Å². The molecule has 0 spiro atoms. The van der Waals surface area contributed by atoms with E-state index in [0.29, 0.717) is 17.2 Å². The number of likely N-dealkylation sites (tertiary alicyclic amines) is 1. The van der Waals surface area contributed by atoms with Gasteiger partial charge in [0.15, 0.2) is 5.78 Å². The van der Waals surface area contributed by atoms with Gasteiger partial charge in [-0.3, -0.25) is 19.3 Å². The lowest BCUT2D eigenvalue weighted by atomic mass is 9.89. The van der Waals surface area contributed by atoms with Gasteiger partial charge in [0.25, 0.3) is 5.91 Å². The van der Waals surface area contributed by atoms with Crippen LogP contribution in [0.3, 0.4) is 0 Å². The van der Waals surface area contributed by atoms with Gasteiger partial charge in [0.05, 0.1) is 18.2 Å². The summed E-state index contributed by atoms with van der Waals surface area (Å²) in [4.78, 5) is 40.6. The smallest absolute Gasteiger partial charge is 0.251 e. The highest BCUT2D eigenvalue weighted by atomic mass is 16.3. The predicted molar refractivity (Wildman–Crippen MR) is 109 cm³/mol. The molecule has 2 fully saturated rings. The molecule has 0 radical (unpaired) electrons. The molecule has 0 aliphatic carbocycles. The number of aromatic hydroxyl groups is 1. The van der Waals surface area contributed by atoms with Crippen molar-refractivity contribution in [3.63, 3.8) is 0 Å². The summed E-state index contributed by atoms with van der Waals surface area (Å²) in [5, 5.41) is 9.46. The van der Waals surface area contributed by atoms with E-state index in [2.05, 4.69) is 4.90 Å². The molecule has 4 rings (SSSR count). The molecule has 0 bridgehead atoms. The maximum absolute atomic E-state index is 13.0. The number of benzene rings is 2. The second-order valence-electron chi connectivity index (χ2n) is 7.80. The number of carbonyl (C=O) groups excluding carboxylic acids is 3. The summed E-state index contributed by atoms with van der Waals surface area (Å²) in [7, 11) is 0. The molecule has 0 unspecified atom stereocenters. The molecular weight excluding hydrogens is 368 g/mol. The summed E-state index contributed by atoms with van der Waals surface area (Å²) in [6.45, 7) is 2.96. The Morgan fingerprint density at radius 3 is 2.38 bits per heavy atom. The molecule has 1 atom stereocenters. The highest BCUT2D eigenvalue weighted by Crippen LogP contribution is 2.33. The molecule has 6 nitrogen and oxygen atoms in total. The quantitative estimate of drug-likeness (QED) is 0.639. The van der Waals surface area contributed by atoms with Crippen molar-refractivity contribution in [3.8, 4) is 5.75 Å². The lowest BCUT2D eigenvalue weighted by Crippen LogP contribution is -2.45. The molecule has 2 aromatic rings. The zero-order chi connectivity index (χ0) is 20.5. The summed E-state index contributed by atoms with van der Waals surface area (Å²) < 4.78 is 0. The fraction of sp³-hybridized carbons (Fsp3) is 0.348. The van der Waals surface area contributed by atoms with Crippen LogP contribution in [0.25, 0.3) is 0 Å². The average Bonchev–Trinajstić information content (AvgIpc) is 3.03. The van der Waals surface area contributed by atoms with Gasteiger partial charge in [-0.25, -0.2) is 4.90 Å². The number of nitrogens with zero attached hydrogens (tertiary/aromatic N) is 2. The van der Waals surface area contributed by atoms with Crippen LogP contribution < -0.4 is 4.90 Å². The maximum Gasteiger partial charge on any atom is 0.251 e. The van der Waals surface area contributed by atoms with Crippen LogP contribution in [0.2, 0.25) is 0 Å². The van der Waals surface area contributed by atoms with Crippen LogP contribution >= 0.6 is 0 Å². The Morgan fingerprint density at radius 1 is 1.03 bits per heavy atom. The summed E-state index contributed by atoms with van der Waals surface area (Å²) >= 11 is 0. The van der Waals surface area contributed by atoms with Crippen LogP contribution in [0.15, 0.2) is 48.5 Å². The first-order valence-corrected chi connectivity index (χ1v) is 9.95. The predicted octanol–water partition coefficient (Wildman–Crippen LogP) is 3.11. The maximum atomic E-state index is 13.0. The number of ketones is 1. The second kappa shape index (κ2) is 7.79. The van der Waals surface area contributed by atoms with E-state index in [1.165, 1.54) is 17.4 Å².